The lowest BCUT2D eigenvalue weighted by molar-refractivity contribution is 0.226. The van der Waals surface area contributed by atoms with Crippen LogP contribution >= 0.6 is 38.6 Å². The second kappa shape index (κ2) is 4.95. The Hall–Kier alpha value is -0.680. The zero-order chi connectivity index (χ0) is 13.7. The second-order valence-corrected chi connectivity index (χ2v) is 8.06. The van der Waals surface area contributed by atoms with Crippen molar-refractivity contribution in [2.75, 3.05) is 0 Å². The van der Waals surface area contributed by atoms with Gasteiger partial charge in [-0.2, -0.15) is 0 Å². The molecule has 1 aliphatic carbocycles. The molecule has 3 aromatic rings. The van der Waals surface area contributed by atoms with Crippen molar-refractivity contribution in [1.82, 2.24) is 0 Å². The smallest absolute Gasteiger partial charge is 0.115 e. The van der Waals surface area contributed by atoms with E-state index in [0.717, 1.165) is 20.3 Å². The molecule has 4 heteroatoms. The molecule has 1 nitrogen and oxygen atoms in total. The summed E-state index contributed by atoms with van der Waals surface area (Å²) in [5.74, 6) is 0. The molecule has 0 fully saturated rings. The van der Waals surface area contributed by atoms with E-state index in [-0.39, 0.29) is 0 Å². The summed E-state index contributed by atoms with van der Waals surface area (Å²) in [4.78, 5) is 2.56. The predicted octanol–water partition coefficient (Wildman–Crippen LogP) is 5.30. The standard InChI is InChI=1S/C16H13BrOS2/c17-12-5-2-4-10-11(8-19-16(10)12)15(18)14-7-9-3-1-6-13(9)20-14/h2,4-5,7-8,15,18H,1,3,6H2. The topological polar surface area (TPSA) is 20.2 Å². The van der Waals surface area contributed by atoms with Crippen molar-refractivity contribution in [2.45, 2.75) is 25.4 Å². The van der Waals surface area contributed by atoms with Crippen molar-refractivity contribution in [3.63, 3.8) is 0 Å². The molecule has 2 heterocycles. The van der Waals surface area contributed by atoms with Crippen molar-refractivity contribution in [1.29, 1.82) is 0 Å². The van der Waals surface area contributed by atoms with E-state index < -0.39 is 6.10 Å². The number of rotatable bonds is 2. The van der Waals surface area contributed by atoms with Gasteiger partial charge in [0, 0.05) is 24.5 Å². The Balaban J connectivity index is 1.80. The Morgan fingerprint density at radius 1 is 1.25 bits per heavy atom. The molecule has 1 unspecified atom stereocenters. The van der Waals surface area contributed by atoms with Gasteiger partial charge in [-0.05, 0) is 63.7 Å². The van der Waals surface area contributed by atoms with Crippen molar-refractivity contribution < 1.29 is 5.11 Å². The molecule has 0 saturated heterocycles. The molecule has 1 N–H and O–H groups in total. The van der Waals surface area contributed by atoms with Gasteiger partial charge >= 0.3 is 0 Å². The van der Waals surface area contributed by atoms with Gasteiger partial charge in [-0.25, -0.2) is 0 Å². The van der Waals surface area contributed by atoms with Gasteiger partial charge in [0.2, 0.25) is 0 Å². The summed E-state index contributed by atoms with van der Waals surface area (Å²) in [5, 5.41) is 14.0. The minimum Gasteiger partial charge on any atom is -0.383 e. The molecule has 20 heavy (non-hydrogen) atoms. The van der Waals surface area contributed by atoms with Gasteiger partial charge in [0.15, 0.2) is 0 Å². The van der Waals surface area contributed by atoms with Crippen LogP contribution in [0.5, 0.6) is 0 Å². The number of halogens is 1. The highest BCUT2D eigenvalue weighted by molar-refractivity contribution is 9.10. The number of aliphatic hydroxyl groups is 1. The largest absolute Gasteiger partial charge is 0.383 e. The van der Waals surface area contributed by atoms with Crippen LogP contribution in [0.15, 0.2) is 34.1 Å². The lowest BCUT2D eigenvalue weighted by Gasteiger charge is -2.08. The van der Waals surface area contributed by atoms with Crippen LogP contribution in [-0.4, -0.2) is 5.11 Å². The molecule has 0 saturated carbocycles. The highest BCUT2D eigenvalue weighted by Gasteiger charge is 2.22. The van der Waals surface area contributed by atoms with Gasteiger partial charge in [0.05, 0.1) is 0 Å². The van der Waals surface area contributed by atoms with Gasteiger partial charge in [0.1, 0.15) is 6.10 Å². The fraction of sp³-hybridized carbons (Fsp3) is 0.250. The Kier molecular flexibility index (Phi) is 3.22. The van der Waals surface area contributed by atoms with Crippen molar-refractivity contribution >= 4 is 48.7 Å². The van der Waals surface area contributed by atoms with Crippen LogP contribution in [-0.2, 0) is 12.8 Å². The summed E-state index contributed by atoms with van der Waals surface area (Å²) in [6.45, 7) is 0. The van der Waals surface area contributed by atoms with Crippen LogP contribution in [0.1, 0.15) is 33.4 Å². The molecule has 0 aliphatic heterocycles. The van der Waals surface area contributed by atoms with Gasteiger partial charge in [-0.1, -0.05) is 12.1 Å². The first-order chi connectivity index (χ1) is 9.74. The summed E-state index contributed by atoms with van der Waals surface area (Å²) in [7, 11) is 0. The summed E-state index contributed by atoms with van der Waals surface area (Å²) in [6, 6.07) is 8.38. The van der Waals surface area contributed by atoms with Crippen LogP contribution in [0.3, 0.4) is 0 Å². The Bertz CT molecular complexity index is 765. The first-order valence-electron chi connectivity index (χ1n) is 6.69. The summed E-state index contributed by atoms with van der Waals surface area (Å²) in [5.41, 5.74) is 2.48. The van der Waals surface area contributed by atoms with E-state index in [1.807, 2.05) is 6.07 Å². The first kappa shape index (κ1) is 13.0. The molecule has 0 amide bonds. The first-order valence-corrected chi connectivity index (χ1v) is 9.18. The van der Waals surface area contributed by atoms with Crippen LogP contribution in [0.4, 0.5) is 0 Å². The number of hydrogen-bond acceptors (Lipinski definition) is 3. The summed E-state index contributed by atoms with van der Waals surface area (Å²) >= 11 is 7.06. The third kappa shape index (κ3) is 1.98. The average Bonchev–Trinajstić information content (AvgIpc) is 3.11. The van der Waals surface area contributed by atoms with Gasteiger partial charge in [-0.3, -0.25) is 0 Å². The average molecular weight is 365 g/mol. The molecule has 1 aliphatic rings. The molecule has 0 radical (unpaired) electrons. The quantitative estimate of drug-likeness (QED) is 0.654. The summed E-state index contributed by atoms with van der Waals surface area (Å²) < 4.78 is 2.32. The number of benzene rings is 1. The van der Waals surface area contributed by atoms with Crippen molar-refractivity contribution in [3.05, 3.63) is 55.0 Å². The molecule has 1 atom stereocenters. The third-order valence-corrected chi connectivity index (χ3v) is 7.17. The number of aryl methyl sites for hydroxylation is 2. The van der Waals surface area contributed by atoms with Gasteiger partial charge < -0.3 is 5.11 Å². The van der Waals surface area contributed by atoms with Gasteiger partial charge in [-0.15, -0.1) is 22.7 Å². The van der Waals surface area contributed by atoms with E-state index in [0.29, 0.717) is 0 Å². The molecule has 1 aromatic carbocycles. The molecule has 4 rings (SSSR count). The normalized spacial score (nSPS) is 15.7. The SMILES string of the molecule is OC(c1cc2c(s1)CCC2)c1csc2c(Br)cccc12. The lowest BCUT2D eigenvalue weighted by Crippen LogP contribution is -1.95. The molecule has 102 valence electrons. The predicted molar refractivity (Wildman–Crippen MR) is 89.9 cm³/mol. The van der Waals surface area contributed by atoms with E-state index in [2.05, 4.69) is 39.5 Å². The third-order valence-electron chi connectivity index (χ3n) is 3.91. The Morgan fingerprint density at radius 3 is 3.00 bits per heavy atom. The number of hydrogen-bond donors (Lipinski definition) is 1. The van der Waals surface area contributed by atoms with E-state index in [1.54, 1.807) is 22.7 Å². The fourth-order valence-electron chi connectivity index (χ4n) is 2.89. The van der Waals surface area contributed by atoms with E-state index >= 15 is 0 Å². The second-order valence-electron chi connectivity index (χ2n) is 5.16. The minimum atomic E-state index is -0.492. The Labute approximate surface area is 134 Å². The van der Waals surface area contributed by atoms with Crippen LogP contribution in [0.2, 0.25) is 0 Å². The van der Waals surface area contributed by atoms with Crippen LogP contribution < -0.4 is 0 Å². The maximum absolute atomic E-state index is 10.7. The van der Waals surface area contributed by atoms with E-state index in [9.17, 15) is 5.11 Å². The zero-order valence-corrected chi connectivity index (χ0v) is 13.9. The highest BCUT2D eigenvalue weighted by atomic mass is 79.9. The van der Waals surface area contributed by atoms with Crippen LogP contribution in [0.25, 0.3) is 10.1 Å². The lowest BCUT2D eigenvalue weighted by atomic mass is 10.1. The highest BCUT2D eigenvalue weighted by Crippen LogP contribution is 2.41. The molecule has 2 aromatic heterocycles. The van der Waals surface area contributed by atoms with Gasteiger partial charge in [0.25, 0.3) is 0 Å². The zero-order valence-electron chi connectivity index (χ0n) is 10.7. The fourth-order valence-corrected chi connectivity index (χ4v) is 5.80. The van der Waals surface area contributed by atoms with E-state index in [1.165, 1.54) is 34.4 Å². The van der Waals surface area contributed by atoms with Crippen molar-refractivity contribution in [2.24, 2.45) is 0 Å². The van der Waals surface area contributed by atoms with E-state index in [4.69, 9.17) is 0 Å². The number of thiophene rings is 2. The molecule has 0 spiro atoms. The minimum absolute atomic E-state index is 0.492. The number of fused-ring (bicyclic) bond motifs is 2. The monoisotopic (exact) mass is 364 g/mol. The molecule has 0 bridgehead atoms. The molecular weight excluding hydrogens is 352 g/mol. The number of aliphatic hydroxyl groups excluding tert-OH is 1. The van der Waals surface area contributed by atoms with Crippen molar-refractivity contribution in [3.8, 4) is 0 Å². The molecular formula is C16H13BrOS2. The maximum Gasteiger partial charge on any atom is 0.115 e. The Morgan fingerprint density at radius 2 is 2.15 bits per heavy atom. The maximum atomic E-state index is 10.7. The van der Waals surface area contributed by atoms with Crippen LogP contribution in [0, 0.1) is 0 Å². The summed E-state index contributed by atoms with van der Waals surface area (Å²) in [6.07, 6.45) is 3.14.